The zero-order valence-corrected chi connectivity index (χ0v) is 13.6. The summed E-state index contributed by atoms with van der Waals surface area (Å²) < 4.78 is 0. The first-order chi connectivity index (χ1) is 11.6. The number of hydrogen-bond acceptors (Lipinski definition) is 3. The van der Waals surface area contributed by atoms with E-state index in [1.54, 1.807) is 18.3 Å². The molecule has 0 atom stereocenters. The van der Waals surface area contributed by atoms with Crippen molar-refractivity contribution in [3.05, 3.63) is 76.5 Å². The van der Waals surface area contributed by atoms with Crippen LogP contribution in [0.3, 0.4) is 0 Å². The average Bonchev–Trinajstić information content (AvgIpc) is 2.60. The number of nitrogens with zero attached hydrogens (tertiary/aromatic N) is 1. The van der Waals surface area contributed by atoms with Crippen molar-refractivity contribution < 1.29 is 4.79 Å². The monoisotopic (exact) mass is 315 g/mol. The zero-order valence-electron chi connectivity index (χ0n) is 13.6. The van der Waals surface area contributed by atoms with Gasteiger partial charge >= 0.3 is 0 Å². The van der Waals surface area contributed by atoms with Gasteiger partial charge in [-0.2, -0.15) is 0 Å². The van der Waals surface area contributed by atoms with Gasteiger partial charge in [-0.25, -0.2) is 5.84 Å². The number of pyridine rings is 1. The van der Waals surface area contributed by atoms with E-state index in [1.165, 1.54) is 5.56 Å². The smallest absolute Gasteiger partial charge is 0.265 e. The highest BCUT2D eigenvalue weighted by molar-refractivity contribution is 5.94. The molecule has 0 fully saturated rings. The van der Waals surface area contributed by atoms with Crippen molar-refractivity contribution in [3.8, 4) is 11.8 Å². The van der Waals surface area contributed by atoms with E-state index < -0.39 is 0 Å². The number of nitrogen functional groups attached to an aromatic ring is 1. The first-order valence-corrected chi connectivity index (χ1v) is 7.57. The van der Waals surface area contributed by atoms with E-state index in [-0.39, 0.29) is 5.91 Å². The third-order valence-electron chi connectivity index (χ3n) is 3.81. The Labute approximate surface area is 140 Å². The molecular weight excluding hydrogens is 298 g/mol. The standard InChI is InChI=1S/C20H17N3O/c1-13-3-8-19-18(9-13)10-15(12-22-19)5-7-16-11-17(20(24)23-21)6-4-14(16)2/h3-4,6,8-12H,21H2,1-2H3,(H,23,24). The van der Waals surface area contributed by atoms with Crippen LogP contribution in [0.1, 0.15) is 32.6 Å². The Kier molecular flexibility index (Phi) is 4.28. The molecule has 1 heterocycles. The van der Waals surface area contributed by atoms with Crippen molar-refractivity contribution >= 4 is 16.8 Å². The van der Waals surface area contributed by atoms with E-state index in [4.69, 9.17) is 5.84 Å². The topological polar surface area (TPSA) is 68.0 Å². The van der Waals surface area contributed by atoms with Crippen LogP contribution in [0.2, 0.25) is 0 Å². The molecule has 1 aromatic heterocycles. The molecule has 2 aromatic carbocycles. The summed E-state index contributed by atoms with van der Waals surface area (Å²) in [6.07, 6.45) is 1.76. The van der Waals surface area contributed by atoms with Crippen molar-refractivity contribution in [2.75, 3.05) is 0 Å². The van der Waals surface area contributed by atoms with E-state index in [9.17, 15) is 4.79 Å². The summed E-state index contributed by atoms with van der Waals surface area (Å²) in [5, 5.41) is 1.06. The molecule has 0 spiro atoms. The third-order valence-corrected chi connectivity index (χ3v) is 3.81. The summed E-state index contributed by atoms with van der Waals surface area (Å²) in [5.74, 6) is 11.1. The minimum Gasteiger partial charge on any atom is -0.290 e. The van der Waals surface area contributed by atoms with Gasteiger partial charge in [0.1, 0.15) is 0 Å². The highest BCUT2D eigenvalue weighted by atomic mass is 16.2. The number of rotatable bonds is 1. The van der Waals surface area contributed by atoms with Gasteiger partial charge in [0.05, 0.1) is 5.52 Å². The summed E-state index contributed by atoms with van der Waals surface area (Å²) in [6.45, 7) is 4.01. The van der Waals surface area contributed by atoms with Crippen LogP contribution < -0.4 is 11.3 Å². The number of nitrogens with one attached hydrogen (secondary N) is 1. The third kappa shape index (κ3) is 3.27. The van der Waals surface area contributed by atoms with Crippen molar-refractivity contribution in [1.29, 1.82) is 0 Å². The van der Waals surface area contributed by atoms with Gasteiger partial charge in [0.15, 0.2) is 0 Å². The highest BCUT2D eigenvalue weighted by Gasteiger charge is 2.05. The van der Waals surface area contributed by atoms with Gasteiger partial charge in [-0.3, -0.25) is 15.2 Å². The molecule has 4 nitrogen and oxygen atoms in total. The average molecular weight is 315 g/mol. The summed E-state index contributed by atoms with van der Waals surface area (Å²) in [7, 11) is 0. The lowest BCUT2D eigenvalue weighted by Crippen LogP contribution is -2.30. The van der Waals surface area contributed by atoms with Gasteiger partial charge in [0, 0.05) is 28.3 Å². The number of hydrazine groups is 1. The minimum absolute atomic E-state index is 0.333. The molecule has 0 radical (unpaired) electrons. The molecule has 3 rings (SSSR count). The van der Waals surface area contributed by atoms with Crippen LogP contribution in [-0.2, 0) is 0 Å². The molecule has 24 heavy (non-hydrogen) atoms. The minimum atomic E-state index is -0.333. The number of benzene rings is 2. The molecule has 1 amide bonds. The molecule has 118 valence electrons. The van der Waals surface area contributed by atoms with Crippen molar-refractivity contribution in [1.82, 2.24) is 10.4 Å². The fourth-order valence-electron chi connectivity index (χ4n) is 2.44. The van der Waals surface area contributed by atoms with Gasteiger partial charge < -0.3 is 0 Å². The van der Waals surface area contributed by atoms with Crippen LogP contribution in [0.4, 0.5) is 0 Å². The van der Waals surface area contributed by atoms with Gasteiger partial charge in [-0.1, -0.05) is 29.5 Å². The maximum atomic E-state index is 11.6. The number of fused-ring (bicyclic) bond motifs is 1. The summed E-state index contributed by atoms with van der Waals surface area (Å²) in [4.78, 5) is 16.1. The Bertz CT molecular complexity index is 997. The number of amides is 1. The normalized spacial score (nSPS) is 10.1. The molecule has 0 aliphatic rings. The van der Waals surface area contributed by atoms with E-state index in [2.05, 4.69) is 35.2 Å². The highest BCUT2D eigenvalue weighted by Crippen LogP contribution is 2.15. The van der Waals surface area contributed by atoms with Gasteiger partial charge in [0.25, 0.3) is 5.91 Å². The molecule has 3 N–H and O–H groups in total. The first-order valence-electron chi connectivity index (χ1n) is 7.57. The zero-order chi connectivity index (χ0) is 17.1. The Balaban J connectivity index is 1.99. The number of hydrogen-bond donors (Lipinski definition) is 2. The second-order valence-electron chi connectivity index (χ2n) is 5.67. The predicted molar refractivity (Wildman–Crippen MR) is 95.3 cm³/mol. The van der Waals surface area contributed by atoms with Crippen LogP contribution >= 0.6 is 0 Å². The van der Waals surface area contributed by atoms with Crippen molar-refractivity contribution in [2.45, 2.75) is 13.8 Å². The van der Waals surface area contributed by atoms with Gasteiger partial charge in [-0.15, -0.1) is 0 Å². The Morgan fingerprint density at radius 1 is 1.08 bits per heavy atom. The maximum Gasteiger partial charge on any atom is 0.265 e. The molecule has 0 saturated heterocycles. The van der Waals surface area contributed by atoms with E-state index in [0.29, 0.717) is 5.56 Å². The second kappa shape index (κ2) is 6.53. The van der Waals surface area contributed by atoms with Crippen molar-refractivity contribution in [2.24, 2.45) is 5.84 Å². The van der Waals surface area contributed by atoms with Crippen LogP contribution in [0, 0.1) is 25.7 Å². The number of aromatic nitrogens is 1. The quantitative estimate of drug-likeness (QED) is 0.314. The Morgan fingerprint density at radius 2 is 1.92 bits per heavy atom. The van der Waals surface area contributed by atoms with E-state index in [1.807, 2.05) is 31.2 Å². The lowest BCUT2D eigenvalue weighted by atomic mass is 10.0. The maximum absolute atomic E-state index is 11.6. The molecule has 4 heteroatoms. The number of carbonyl (C=O) groups excluding carboxylic acids is 1. The lowest BCUT2D eigenvalue weighted by molar-refractivity contribution is 0.0953. The molecule has 0 aliphatic carbocycles. The van der Waals surface area contributed by atoms with Crippen LogP contribution in [0.15, 0.2) is 48.7 Å². The number of nitrogens with two attached hydrogens (primary N) is 1. The van der Waals surface area contributed by atoms with E-state index in [0.717, 1.165) is 27.6 Å². The fraction of sp³-hybridized carbons (Fsp3) is 0.100. The van der Waals surface area contributed by atoms with Gasteiger partial charge in [0.2, 0.25) is 0 Å². The molecule has 0 bridgehead atoms. The second-order valence-corrected chi connectivity index (χ2v) is 5.67. The number of carbonyl (C=O) groups is 1. The molecular formula is C20H17N3O. The molecule has 0 aliphatic heterocycles. The van der Waals surface area contributed by atoms with E-state index >= 15 is 0 Å². The van der Waals surface area contributed by atoms with Crippen LogP contribution in [-0.4, -0.2) is 10.9 Å². The predicted octanol–water partition coefficient (Wildman–Crippen LogP) is 2.85. The Hall–Kier alpha value is -3.16. The number of aryl methyl sites for hydroxylation is 2. The van der Waals surface area contributed by atoms with Crippen LogP contribution in [0.5, 0.6) is 0 Å². The molecule has 3 aromatic rings. The largest absolute Gasteiger partial charge is 0.290 e. The van der Waals surface area contributed by atoms with Gasteiger partial charge in [-0.05, 0) is 49.7 Å². The van der Waals surface area contributed by atoms with Crippen molar-refractivity contribution in [3.63, 3.8) is 0 Å². The van der Waals surface area contributed by atoms with Crippen LogP contribution in [0.25, 0.3) is 10.9 Å². The summed E-state index contributed by atoms with van der Waals surface area (Å²) in [5.41, 5.74) is 7.38. The molecule has 0 saturated carbocycles. The lowest BCUT2D eigenvalue weighted by Gasteiger charge is -2.03. The molecule has 0 unspecified atom stereocenters. The SMILES string of the molecule is Cc1ccc2ncc(C#Cc3cc(C(=O)NN)ccc3C)cc2c1. The summed E-state index contributed by atoms with van der Waals surface area (Å²) >= 11 is 0. The Morgan fingerprint density at radius 3 is 2.71 bits per heavy atom. The fourth-order valence-corrected chi connectivity index (χ4v) is 2.44. The summed E-state index contributed by atoms with van der Waals surface area (Å²) in [6, 6.07) is 13.5. The first kappa shape index (κ1) is 15.7.